The van der Waals surface area contributed by atoms with Crippen LogP contribution < -0.4 is 31.1 Å². The number of nitrogens with two attached hydrogens (primary N) is 1. The summed E-state index contributed by atoms with van der Waals surface area (Å²) in [6.07, 6.45) is 5.25. The molecule has 1 unspecified atom stereocenters. The molecule has 5 aliphatic heterocycles. The lowest BCUT2D eigenvalue weighted by Crippen LogP contribution is -2.54. The maximum Gasteiger partial charge on any atom is 0.273 e. The molecule has 4 fully saturated rings. The van der Waals surface area contributed by atoms with E-state index >= 15 is 4.39 Å². The predicted molar refractivity (Wildman–Crippen MR) is 201 cm³/mol. The van der Waals surface area contributed by atoms with E-state index in [4.69, 9.17) is 5.73 Å². The van der Waals surface area contributed by atoms with Crippen LogP contribution in [-0.2, 0) is 9.59 Å². The third-order valence-electron chi connectivity index (χ3n) is 11.4. The van der Waals surface area contributed by atoms with Gasteiger partial charge in [-0.25, -0.2) is 4.39 Å². The van der Waals surface area contributed by atoms with Crippen LogP contribution in [-0.4, -0.2) is 119 Å². The smallest absolute Gasteiger partial charge is 0.273 e. The molecule has 55 heavy (non-hydrogen) atoms. The number of amides is 5. The molecule has 0 bridgehead atoms. The molecule has 3 aromatic rings. The number of anilines is 5. The summed E-state index contributed by atoms with van der Waals surface area (Å²) in [5.41, 5.74) is 7.80. The SMILES string of the molecule is NC(=O)c1nnc(N2CCCCC2)nc1Nc1ccc(N2CCC(CN3CCN(c4ccc5c(c4)C(=O)N(C4CCC(=O)NC4=O)C5=O)CC3)CC2)c(F)c1. The standard InChI is InChI=1S/C38H44FN11O5/c39-28-20-24(41-34-32(33(40)52)44-45-38(43-34)49-12-2-1-3-13-49)4-7-29(28)48-14-10-23(11-15-48)22-46-16-18-47(19-17-46)25-5-6-26-27(21-25)37(55)50(36(26)54)30-8-9-31(51)42-35(30)53/h4-7,20-21,23,30H,1-3,8-19,22H2,(H2,40,52)(H,41,43,45)(H,42,51,53). The molecular weight excluding hydrogens is 709 g/mol. The van der Waals surface area contributed by atoms with E-state index in [1.165, 1.54) is 6.07 Å². The van der Waals surface area contributed by atoms with Crippen LogP contribution in [0.2, 0.25) is 0 Å². The predicted octanol–water partition coefficient (Wildman–Crippen LogP) is 2.28. The average molecular weight is 754 g/mol. The summed E-state index contributed by atoms with van der Waals surface area (Å²) in [6, 6.07) is 9.17. The fraction of sp³-hybridized carbons (Fsp3) is 0.474. The molecule has 8 rings (SSSR count). The molecule has 2 aromatic carbocycles. The van der Waals surface area contributed by atoms with Crippen LogP contribution in [0.4, 0.5) is 33.2 Å². The van der Waals surface area contributed by atoms with Gasteiger partial charge in [0.1, 0.15) is 11.9 Å². The number of piperazine rings is 1. The highest BCUT2D eigenvalue weighted by Gasteiger charge is 2.45. The second-order valence-electron chi connectivity index (χ2n) is 14.9. The Morgan fingerprint density at radius 1 is 0.818 bits per heavy atom. The molecule has 1 atom stereocenters. The first-order valence-electron chi connectivity index (χ1n) is 19.1. The van der Waals surface area contributed by atoms with Crippen molar-refractivity contribution in [2.75, 3.05) is 78.9 Å². The number of carbonyl (C=O) groups excluding carboxylic acids is 5. The van der Waals surface area contributed by atoms with Crippen LogP contribution >= 0.6 is 0 Å². The summed E-state index contributed by atoms with van der Waals surface area (Å²) in [5, 5.41) is 13.4. The Balaban J connectivity index is 0.828. The molecule has 6 heterocycles. The van der Waals surface area contributed by atoms with Gasteiger partial charge in [0, 0.05) is 76.7 Å². The molecule has 16 nitrogen and oxygen atoms in total. The van der Waals surface area contributed by atoms with Crippen LogP contribution in [0.25, 0.3) is 0 Å². The molecule has 5 amide bonds. The zero-order valence-corrected chi connectivity index (χ0v) is 30.5. The van der Waals surface area contributed by atoms with E-state index < -0.39 is 35.6 Å². The number of nitrogens with zero attached hydrogens (tertiary/aromatic N) is 8. The molecule has 0 aliphatic carbocycles. The largest absolute Gasteiger partial charge is 0.369 e. The van der Waals surface area contributed by atoms with Crippen molar-refractivity contribution in [2.24, 2.45) is 11.7 Å². The molecule has 17 heteroatoms. The van der Waals surface area contributed by atoms with Gasteiger partial charge in [-0.1, -0.05) is 0 Å². The van der Waals surface area contributed by atoms with Crippen molar-refractivity contribution in [3.05, 3.63) is 59.0 Å². The molecule has 1 aromatic heterocycles. The van der Waals surface area contributed by atoms with Crippen LogP contribution in [0.5, 0.6) is 0 Å². The van der Waals surface area contributed by atoms with Crippen molar-refractivity contribution in [3.8, 4) is 0 Å². The zero-order chi connectivity index (χ0) is 38.2. The van der Waals surface area contributed by atoms with Gasteiger partial charge in [0.2, 0.25) is 17.8 Å². The lowest BCUT2D eigenvalue weighted by molar-refractivity contribution is -0.136. The van der Waals surface area contributed by atoms with E-state index in [-0.39, 0.29) is 41.3 Å². The minimum Gasteiger partial charge on any atom is -0.369 e. The molecule has 0 saturated carbocycles. The number of hydrogen-bond acceptors (Lipinski definition) is 13. The van der Waals surface area contributed by atoms with Gasteiger partial charge in [0.15, 0.2) is 11.5 Å². The van der Waals surface area contributed by atoms with Gasteiger partial charge in [-0.05, 0) is 80.8 Å². The van der Waals surface area contributed by atoms with E-state index in [1.807, 2.05) is 11.0 Å². The normalized spacial score (nSPS) is 21.2. The van der Waals surface area contributed by atoms with Crippen molar-refractivity contribution in [3.63, 3.8) is 0 Å². The van der Waals surface area contributed by atoms with Gasteiger partial charge in [-0.15, -0.1) is 10.2 Å². The number of primary amides is 1. The lowest BCUT2D eigenvalue weighted by atomic mass is 9.95. The van der Waals surface area contributed by atoms with Crippen molar-refractivity contribution in [1.82, 2.24) is 30.3 Å². The van der Waals surface area contributed by atoms with Crippen molar-refractivity contribution in [1.29, 1.82) is 0 Å². The third-order valence-corrected chi connectivity index (χ3v) is 11.4. The molecule has 0 radical (unpaired) electrons. The minimum atomic E-state index is -0.989. The fourth-order valence-corrected chi connectivity index (χ4v) is 8.34. The molecule has 4 saturated heterocycles. The van der Waals surface area contributed by atoms with E-state index in [0.717, 1.165) is 102 Å². The highest BCUT2D eigenvalue weighted by atomic mass is 19.1. The van der Waals surface area contributed by atoms with Gasteiger partial charge in [-0.2, -0.15) is 4.98 Å². The fourth-order valence-electron chi connectivity index (χ4n) is 8.34. The van der Waals surface area contributed by atoms with Gasteiger partial charge in [-0.3, -0.25) is 39.1 Å². The topological polar surface area (TPSA) is 190 Å². The number of imide groups is 2. The summed E-state index contributed by atoms with van der Waals surface area (Å²) in [6.45, 7) is 7.20. The second-order valence-corrected chi connectivity index (χ2v) is 14.9. The summed E-state index contributed by atoms with van der Waals surface area (Å²) in [4.78, 5) is 76.8. The van der Waals surface area contributed by atoms with Gasteiger partial charge >= 0.3 is 0 Å². The number of piperidine rings is 3. The van der Waals surface area contributed by atoms with Crippen molar-refractivity contribution >= 4 is 58.4 Å². The molecular formula is C38H44FN11O5. The zero-order valence-electron chi connectivity index (χ0n) is 30.5. The minimum absolute atomic E-state index is 0.0790. The first-order valence-corrected chi connectivity index (χ1v) is 19.1. The molecule has 0 spiro atoms. The quantitative estimate of drug-likeness (QED) is 0.270. The highest BCUT2D eigenvalue weighted by Crippen LogP contribution is 2.33. The lowest BCUT2D eigenvalue weighted by Gasteiger charge is -2.40. The number of benzene rings is 2. The Bertz CT molecular complexity index is 2030. The van der Waals surface area contributed by atoms with Crippen LogP contribution in [0.3, 0.4) is 0 Å². The van der Waals surface area contributed by atoms with Gasteiger partial charge < -0.3 is 25.8 Å². The molecule has 4 N–H and O–H groups in total. The number of aromatic nitrogens is 3. The van der Waals surface area contributed by atoms with Crippen molar-refractivity contribution in [2.45, 2.75) is 51.0 Å². The second kappa shape index (κ2) is 15.2. The maximum atomic E-state index is 15.6. The Kier molecular flexibility index (Phi) is 10.0. The average Bonchev–Trinajstić information content (AvgIpc) is 3.43. The number of carbonyl (C=O) groups is 5. The third kappa shape index (κ3) is 7.39. The Morgan fingerprint density at radius 3 is 2.27 bits per heavy atom. The van der Waals surface area contributed by atoms with Crippen LogP contribution in [0.15, 0.2) is 36.4 Å². The van der Waals surface area contributed by atoms with Crippen LogP contribution in [0.1, 0.15) is 76.2 Å². The highest BCUT2D eigenvalue weighted by molar-refractivity contribution is 6.23. The van der Waals surface area contributed by atoms with Gasteiger partial charge in [0.25, 0.3) is 17.7 Å². The summed E-state index contributed by atoms with van der Waals surface area (Å²) in [5.74, 6) is -2.16. The number of fused-ring (bicyclic) bond motifs is 1. The maximum absolute atomic E-state index is 15.6. The van der Waals surface area contributed by atoms with E-state index in [1.54, 1.807) is 24.3 Å². The first-order chi connectivity index (χ1) is 26.6. The summed E-state index contributed by atoms with van der Waals surface area (Å²) < 4.78 is 15.6. The van der Waals surface area contributed by atoms with E-state index in [9.17, 15) is 24.0 Å². The number of halogens is 1. The van der Waals surface area contributed by atoms with Gasteiger partial charge in [0.05, 0.1) is 16.8 Å². The summed E-state index contributed by atoms with van der Waals surface area (Å²) >= 11 is 0. The Morgan fingerprint density at radius 2 is 1.56 bits per heavy atom. The summed E-state index contributed by atoms with van der Waals surface area (Å²) in [7, 11) is 0. The first kappa shape index (κ1) is 36.3. The monoisotopic (exact) mass is 753 g/mol. The molecule has 288 valence electrons. The van der Waals surface area contributed by atoms with E-state index in [2.05, 4.69) is 40.5 Å². The Hall–Kier alpha value is -5.71. The number of hydrogen-bond donors (Lipinski definition) is 3. The van der Waals surface area contributed by atoms with Crippen molar-refractivity contribution < 1.29 is 28.4 Å². The van der Waals surface area contributed by atoms with E-state index in [0.29, 0.717) is 23.2 Å². The Labute approximate surface area is 317 Å². The molecule has 5 aliphatic rings. The number of rotatable bonds is 9. The van der Waals surface area contributed by atoms with Crippen LogP contribution in [0, 0.1) is 11.7 Å². The number of nitrogens with one attached hydrogen (secondary N) is 2.